The molecule has 0 amide bonds. The zero-order valence-corrected chi connectivity index (χ0v) is 12.9. The van der Waals surface area contributed by atoms with Crippen molar-refractivity contribution in [2.24, 2.45) is 11.8 Å². The van der Waals surface area contributed by atoms with Crippen LogP contribution in [0.25, 0.3) is 0 Å². The van der Waals surface area contributed by atoms with Crippen LogP contribution in [0.2, 0.25) is 0 Å². The zero-order chi connectivity index (χ0) is 15.4. The number of rotatable bonds is 6. The summed E-state index contributed by atoms with van der Waals surface area (Å²) in [5, 5.41) is 0. The second-order valence-corrected chi connectivity index (χ2v) is 6.06. The molecule has 0 aliphatic heterocycles. The number of carbonyl (C=O) groups excluding carboxylic acids is 1. The first kappa shape index (κ1) is 15.0. The monoisotopic (exact) mass is 298 g/mol. The van der Waals surface area contributed by atoms with Crippen molar-refractivity contribution in [2.45, 2.75) is 38.6 Å². The summed E-state index contributed by atoms with van der Waals surface area (Å²) in [4.78, 5) is 12.5. The number of esters is 1. The molecule has 0 N–H and O–H groups in total. The van der Waals surface area contributed by atoms with Gasteiger partial charge in [0.25, 0.3) is 0 Å². The van der Waals surface area contributed by atoms with E-state index >= 15 is 0 Å². The van der Waals surface area contributed by atoms with Gasteiger partial charge in [-0.05, 0) is 24.3 Å². The quantitative estimate of drug-likeness (QED) is 0.752. The second kappa shape index (κ2) is 6.93. The maximum absolute atomic E-state index is 12.5. The highest BCUT2D eigenvalue weighted by molar-refractivity contribution is 5.75. The van der Waals surface area contributed by atoms with Crippen molar-refractivity contribution in [3.05, 3.63) is 60.2 Å². The standard InChI is InChI=1S/C19H22O3/c1-14-7-5-6-10-17(14)18(22-16-11-12-16)19(20)21-13-15-8-3-2-4-9-15/h2-10,14,16-18H,11-13H2,1H3/t14?,17?,18-/m1/s1. The molecule has 0 spiro atoms. The minimum Gasteiger partial charge on any atom is -0.459 e. The molecule has 1 saturated carbocycles. The predicted octanol–water partition coefficient (Wildman–Crippen LogP) is 3.66. The smallest absolute Gasteiger partial charge is 0.336 e. The highest BCUT2D eigenvalue weighted by Gasteiger charge is 2.37. The maximum Gasteiger partial charge on any atom is 0.336 e. The van der Waals surface area contributed by atoms with E-state index < -0.39 is 6.10 Å². The summed E-state index contributed by atoms with van der Waals surface area (Å²) in [6.45, 7) is 2.41. The minimum absolute atomic E-state index is 0.0499. The molecule has 3 nitrogen and oxygen atoms in total. The Morgan fingerprint density at radius 3 is 2.59 bits per heavy atom. The van der Waals surface area contributed by atoms with E-state index in [2.05, 4.69) is 19.1 Å². The Labute approximate surface area is 131 Å². The SMILES string of the molecule is CC1C=CC=CC1[C@@H](OC1CC1)C(=O)OCc1ccccc1. The number of ether oxygens (including phenoxy) is 2. The fourth-order valence-electron chi connectivity index (χ4n) is 2.64. The highest BCUT2D eigenvalue weighted by atomic mass is 16.6. The zero-order valence-electron chi connectivity index (χ0n) is 12.9. The first-order chi connectivity index (χ1) is 10.7. The highest BCUT2D eigenvalue weighted by Crippen LogP contribution is 2.32. The largest absolute Gasteiger partial charge is 0.459 e. The molecule has 3 atom stereocenters. The van der Waals surface area contributed by atoms with E-state index in [0.717, 1.165) is 18.4 Å². The van der Waals surface area contributed by atoms with Crippen molar-refractivity contribution in [3.8, 4) is 0 Å². The molecule has 0 bridgehead atoms. The van der Waals surface area contributed by atoms with Gasteiger partial charge in [-0.25, -0.2) is 4.79 Å². The molecule has 22 heavy (non-hydrogen) atoms. The lowest BCUT2D eigenvalue weighted by Gasteiger charge is -2.28. The average molecular weight is 298 g/mol. The van der Waals surface area contributed by atoms with Gasteiger partial charge in [0.1, 0.15) is 6.61 Å². The minimum atomic E-state index is -0.507. The third kappa shape index (κ3) is 3.86. The third-order valence-electron chi connectivity index (χ3n) is 4.14. The predicted molar refractivity (Wildman–Crippen MR) is 85.1 cm³/mol. The summed E-state index contributed by atoms with van der Waals surface area (Å²) >= 11 is 0. The van der Waals surface area contributed by atoms with Gasteiger partial charge >= 0.3 is 5.97 Å². The molecule has 116 valence electrons. The molecule has 2 aliphatic rings. The molecule has 3 heteroatoms. The molecule has 0 radical (unpaired) electrons. The van der Waals surface area contributed by atoms with E-state index in [1.54, 1.807) is 0 Å². The topological polar surface area (TPSA) is 35.5 Å². The van der Waals surface area contributed by atoms with Gasteiger partial charge in [-0.1, -0.05) is 61.6 Å². The summed E-state index contributed by atoms with van der Waals surface area (Å²) in [6.07, 6.45) is 9.98. The number of allylic oxidation sites excluding steroid dienone is 3. The molecule has 1 fully saturated rings. The molecule has 2 aliphatic carbocycles. The van der Waals surface area contributed by atoms with Gasteiger partial charge in [0.15, 0.2) is 6.10 Å². The van der Waals surface area contributed by atoms with Crippen molar-refractivity contribution in [2.75, 3.05) is 0 Å². The number of benzene rings is 1. The molecule has 0 aromatic heterocycles. The molecule has 1 aromatic carbocycles. The van der Waals surface area contributed by atoms with Crippen LogP contribution in [0.4, 0.5) is 0 Å². The number of hydrogen-bond acceptors (Lipinski definition) is 3. The van der Waals surface area contributed by atoms with E-state index in [1.165, 1.54) is 0 Å². The van der Waals surface area contributed by atoms with Crippen molar-refractivity contribution in [1.82, 2.24) is 0 Å². The molecule has 1 aromatic rings. The van der Waals surface area contributed by atoms with E-state index in [1.807, 2.05) is 42.5 Å². The maximum atomic E-state index is 12.5. The van der Waals surface area contributed by atoms with Gasteiger partial charge in [-0.3, -0.25) is 0 Å². The Hall–Kier alpha value is -1.87. The Kier molecular flexibility index (Phi) is 4.74. The van der Waals surface area contributed by atoms with Crippen molar-refractivity contribution >= 4 is 5.97 Å². The summed E-state index contributed by atoms with van der Waals surface area (Å²) in [7, 11) is 0. The van der Waals surface area contributed by atoms with Crippen LogP contribution in [0.5, 0.6) is 0 Å². The van der Waals surface area contributed by atoms with Crippen LogP contribution >= 0.6 is 0 Å². The number of hydrogen-bond donors (Lipinski definition) is 0. The van der Waals surface area contributed by atoms with E-state index in [9.17, 15) is 4.79 Å². The Morgan fingerprint density at radius 2 is 1.91 bits per heavy atom. The molecule has 0 heterocycles. The van der Waals surface area contributed by atoms with Crippen LogP contribution in [0.15, 0.2) is 54.6 Å². The van der Waals surface area contributed by atoms with Crippen LogP contribution in [0.3, 0.4) is 0 Å². The Balaban J connectivity index is 1.64. The van der Waals surface area contributed by atoms with Crippen LogP contribution in [-0.4, -0.2) is 18.2 Å². The van der Waals surface area contributed by atoms with Crippen molar-refractivity contribution in [1.29, 1.82) is 0 Å². The van der Waals surface area contributed by atoms with E-state index in [-0.39, 0.29) is 23.9 Å². The van der Waals surface area contributed by atoms with Gasteiger partial charge in [0, 0.05) is 5.92 Å². The lowest BCUT2D eigenvalue weighted by Crippen LogP contribution is -2.37. The van der Waals surface area contributed by atoms with Crippen LogP contribution in [-0.2, 0) is 20.9 Å². The van der Waals surface area contributed by atoms with Gasteiger partial charge in [0.2, 0.25) is 0 Å². The Morgan fingerprint density at radius 1 is 1.18 bits per heavy atom. The van der Waals surface area contributed by atoms with Crippen LogP contribution < -0.4 is 0 Å². The molecule has 0 saturated heterocycles. The van der Waals surface area contributed by atoms with E-state index in [4.69, 9.17) is 9.47 Å². The van der Waals surface area contributed by atoms with Crippen molar-refractivity contribution < 1.29 is 14.3 Å². The van der Waals surface area contributed by atoms with Gasteiger partial charge in [-0.2, -0.15) is 0 Å². The van der Waals surface area contributed by atoms with Gasteiger partial charge < -0.3 is 9.47 Å². The molecule has 2 unspecified atom stereocenters. The summed E-state index contributed by atoms with van der Waals surface area (Å²) in [5.41, 5.74) is 0.994. The lowest BCUT2D eigenvalue weighted by molar-refractivity contribution is -0.163. The third-order valence-corrected chi connectivity index (χ3v) is 4.14. The number of carbonyl (C=O) groups is 1. The normalized spacial score (nSPS) is 25.0. The van der Waals surface area contributed by atoms with Gasteiger partial charge in [0.05, 0.1) is 6.10 Å². The summed E-state index contributed by atoms with van der Waals surface area (Å²) in [5.74, 6) is 0.0689. The molecular weight excluding hydrogens is 276 g/mol. The summed E-state index contributed by atoms with van der Waals surface area (Å²) < 4.78 is 11.5. The lowest BCUT2D eigenvalue weighted by atomic mass is 9.85. The van der Waals surface area contributed by atoms with Crippen molar-refractivity contribution in [3.63, 3.8) is 0 Å². The fraction of sp³-hybridized carbons (Fsp3) is 0.421. The fourth-order valence-corrected chi connectivity index (χ4v) is 2.64. The molecule has 3 rings (SSSR count). The van der Waals surface area contributed by atoms with E-state index in [0.29, 0.717) is 6.61 Å². The second-order valence-electron chi connectivity index (χ2n) is 6.06. The van der Waals surface area contributed by atoms with Gasteiger partial charge in [-0.15, -0.1) is 0 Å². The van der Waals surface area contributed by atoms with Crippen LogP contribution in [0.1, 0.15) is 25.3 Å². The first-order valence-corrected chi connectivity index (χ1v) is 7.95. The molecular formula is C19H22O3. The summed E-state index contributed by atoms with van der Waals surface area (Å²) in [6, 6.07) is 9.74. The average Bonchev–Trinajstić information content (AvgIpc) is 3.36. The van der Waals surface area contributed by atoms with Crippen LogP contribution in [0, 0.1) is 11.8 Å². The Bertz CT molecular complexity index is 557. The first-order valence-electron chi connectivity index (χ1n) is 7.95.